The molecule has 1 aliphatic carbocycles. The summed E-state index contributed by atoms with van der Waals surface area (Å²) in [6, 6.07) is 8.73. The normalized spacial score (nSPS) is 13.9. The van der Waals surface area contributed by atoms with Crippen LogP contribution in [-0.4, -0.2) is 45.3 Å². The SMILES string of the molecule is Cc1nc2c(Nc3ccc(-c4cc(C)n(C)n4)cc3S(C)(=O)=O)cc(NC(=O)C3CC3)nc2[nH]1. The first-order chi connectivity index (χ1) is 16.1. The highest BCUT2D eigenvalue weighted by atomic mass is 32.2. The van der Waals surface area contributed by atoms with E-state index in [1.165, 1.54) is 6.26 Å². The summed E-state index contributed by atoms with van der Waals surface area (Å²) in [6.45, 7) is 3.74. The number of nitrogens with one attached hydrogen (secondary N) is 3. The lowest BCUT2D eigenvalue weighted by molar-refractivity contribution is -0.117. The molecule has 0 saturated heterocycles. The number of anilines is 3. The first kappa shape index (κ1) is 22.1. The molecule has 1 fully saturated rings. The van der Waals surface area contributed by atoms with E-state index in [2.05, 4.69) is 30.7 Å². The van der Waals surface area contributed by atoms with Gasteiger partial charge in [-0.1, -0.05) is 6.07 Å². The minimum absolute atomic E-state index is 0.0250. The van der Waals surface area contributed by atoms with Crippen LogP contribution >= 0.6 is 0 Å². The molecule has 0 radical (unpaired) electrons. The van der Waals surface area contributed by atoms with Crippen LogP contribution in [0.25, 0.3) is 22.4 Å². The molecule has 1 aromatic carbocycles. The van der Waals surface area contributed by atoms with Crippen molar-refractivity contribution >= 4 is 44.1 Å². The summed E-state index contributed by atoms with van der Waals surface area (Å²) in [7, 11) is -1.74. The molecule has 0 spiro atoms. The van der Waals surface area contributed by atoms with E-state index < -0.39 is 9.84 Å². The Hall–Kier alpha value is -3.73. The van der Waals surface area contributed by atoms with Gasteiger partial charge in [0.1, 0.15) is 17.2 Å². The lowest BCUT2D eigenvalue weighted by Gasteiger charge is -2.14. The van der Waals surface area contributed by atoms with E-state index in [4.69, 9.17) is 0 Å². The highest BCUT2D eigenvalue weighted by Crippen LogP contribution is 2.34. The Morgan fingerprint density at radius 1 is 1.12 bits per heavy atom. The van der Waals surface area contributed by atoms with Gasteiger partial charge in [-0.2, -0.15) is 5.10 Å². The Bertz CT molecular complexity index is 1530. The second-order valence-electron chi connectivity index (χ2n) is 8.74. The first-order valence-electron chi connectivity index (χ1n) is 10.9. The topological polar surface area (TPSA) is 135 Å². The molecule has 34 heavy (non-hydrogen) atoms. The van der Waals surface area contributed by atoms with E-state index in [9.17, 15) is 13.2 Å². The van der Waals surface area contributed by atoms with Gasteiger partial charge in [-0.15, -0.1) is 0 Å². The van der Waals surface area contributed by atoms with Crippen molar-refractivity contribution in [3.63, 3.8) is 0 Å². The smallest absolute Gasteiger partial charge is 0.228 e. The molecule has 3 aromatic heterocycles. The van der Waals surface area contributed by atoms with Crippen molar-refractivity contribution in [2.24, 2.45) is 13.0 Å². The number of hydrogen-bond donors (Lipinski definition) is 3. The van der Waals surface area contributed by atoms with Gasteiger partial charge in [-0.25, -0.2) is 18.4 Å². The molecule has 11 heteroatoms. The van der Waals surface area contributed by atoms with Crippen molar-refractivity contribution in [2.75, 3.05) is 16.9 Å². The van der Waals surface area contributed by atoms with Gasteiger partial charge < -0.3 is 15.6 Å². The Labute approximate surface area is 196 Å². The number of H-pyrrole nitrogens is 1. The summed E-state index contributed by atoms with van der Waals surface area (Å²) >= 11 is 0. The predicted octanol–water partition coefficient (Wildman–Crippen LogP) is 3.47. The van der Waals surface area contributed by atoms with Gasteiger partial charge in [0.15, 0.2) is 15.5 Å². The van der Waals surface area contributed by atoms with Crippen LogP contribution in [0.4, 0.5) is 17.2 Å². The van der Waals surface area contributed by atoms with Crippen molar-refractivity contribution in [1.82, 2.24) is 24.7 Å². The highest BCUT2D eigenvalue weighted by molar-refractivity contribution is 7.90. The minimum Gasteiger partial charge on any atom is -0.352 e. The van der Waals surface area contributed by atoms with Crippen LogP contribution < -0.4 is 10.6 Å². The number of hydrogen-bond acceptors (Lipinski definition) is 7. The third kappa shape index (κ3) is 4.26. The molecule has 10 nitrogen and oxygen atoms in total. The number of pyridine rings is 1. The summed E-state index contributed by atoms with van der Waals surface area (Å²) in [6.07, 6.45) is 2.92. The van der Waals surface area contributed by atoms with Crippen molar-refractivity contribution in [3.8, 4) is 11.3 Å². The summed E-state index contributed by atoms with van der Waals surface area (Å²) in [5.41, 5.74) is 4.32. The van der Waals surface area contributed by atoms with Gasteiger partial charge in [0.05, 0.1) is 22.0 Å². The fraction of sp³-hybridized carbons (Fsp3) is 0.304. The zero-order valence-corrected chi connectivity index (χ0v) is 20.1. The van der Waals surface area contributed by atoms with Gasteiger partial charge >= 0.3 is 0 Å². The van der Waals surface area contributed by atoms with Gasteiger partial charge in [0, 0.05) is 36.5 Å². The maximum Gasteiger partial charge on any atom is 0.228 e. The van der Waals surface area contributed by atoms with E-state index in [0.717, 1.165) is 18.5 Å². The summed E-state index contributed by atoms with van der Waals surface area (Å²) < 4.78 is 27.2. The van der Waals surface area contributed by atoms with E-state index in [1.807, 2.05) is 26.1 Å². The fourth-order valence-corrected chi connectivity index (χ4v) is 4.64. The minimum atomic E-state index is -3.58. The van der Waals surface area contributed by atoms with Crippen molar-refractivity contribution in [3.05, 3.63) is 41.9 Å². The van der Waals surface area contributed by atoms with Crippen molar-refractivity contribution in [1.29, 1.82) is 0 Å². The first-order valence-corrected chi connectivity index (χ1v) is 12.8. The number of carbonyl (C=O) groups is 1. The van der Waals surface area contributed by atoms with Gasteiger partial charge in [-0.05, 0) is 44.9 Å². The van der Waals surface area contributed by atoms with Crippen LogP contribution in [0.1, 0.15) is 24.4 Å². The van der Waals surface area contributed by atoms with E-state index in [-0.39, 0.29) is 16.7 Å². The number of aromatic amines is 1. The summed E-state index contributed by atoms with van der Waals surface area (Å²) in [5, 5.41) is 10.5. The van der Waals surface area contributed by atoms with Crippen molar-refractivity contribution in [2.45, 2.75) is 31.6 Å². The largest absolute Gasteiger partial charge is 0.352 e. The average Bonchev–Trinajstić information content (AvgIpc) is 3.47. The summed E-state index contributed by atoms with van der Waals surface area (Å²) in [4.78, 5) is 24.5. The molecule has 1 amide bonds. The molecular weight excluding hydrogens is 454 g/mol. The monoisotopic (exact) mass is 479 g/mol. The lowest BCUT2D eigenvalue weighted by atomic mass is 10.1. The van der Waals surface area contributed by atoms with Crippen LogP contribution in [0, 0.1) is 19.8 Å². The second-order valence-corrected chi connectivity index (χ2v) is 10.7. The molecule has 1 saturated carbocycles. The van der Waals surface area contributed by atoms with E-state index in [0.29, 0.717) is 45.4 Å². The second kappa shape index (κ2) is 7.94. The number of aromatic nitrogens is 5. The third-order valence-electron chi connectivity index (χ3n) is 5.83. The molecule has 1 aliphatic rings. The van der Waals surface area contributed by atoms with Crippen molar-refractivity contribution < 1.29 is 13.2 Å². The fourth-order valence-electron chi connectivity index (χ4n) is 3.78. The number of imidazole rings is 1. The molecule has 4 aromatic rings. The number of aryl methyl sites for hydroxylation is 3. The van der Waals surface area contributed by atoms with E-state index >= 15 is 0 Å². The maximum atomic E-state index is 12.7. The molecule has 0 bridgehead atoms. The number of sulfone groups is 1. The Morgan fingerprint density at radius 2 is 1.88 bits per heavy atom. The maximum absolute atomic E-state index is 12.7. The highest BCUT2D eigenvalue weighted by Gasteiger charge is 2.30. The third-order valence-corrected chi connectivity index (χ3v) is 6.97. The molecule has 3 N–H and O–H groups in total. The number of benzene rings is 1. The quantitative estimate of drug-likeness (QED) is 0.385. The number of rotatable bonds is 6. The molecular formula is C23H25N7O3S. The molecule has 176 valence electrons. The van der Waals surface area contributed by atoms with Crippen LogP contribution in [0.15, 0.2) is 35.2 Å². The van der Waals surface area contributed by atoms with Crippen LogP contribution in [0.5, 0.6) is 0 Å². The molecule has 0 unspecified atom stereocenters. The van der Waals surface area contributed by atoms with Crippen LogP contribution in [0.3, 0.4) is 0 Å². The molecule has 0 aliphatic heterocycles. The lowest BCUT2D eigenvalue weighted by Crippen LogP contribution is -2.14. The zero-order chi connectivity index (χ0) is 24.2. The average molecular weight is 480 g/mol. The van der Waals surface area contributed by atoms with Crippen LogP contribution in [-0.2, 0) is 21.7 Å². The number of amides is 1. The number of fused-ring (bicyclic) bond motifs is 1. The van der Waals surface area contributed by atoms with Gasteiger partial charge in [0.2, 0.25) is 5.91 Å². The Kier molecular flexibility index (Phi) is 5.16. The molecule has 3 heterocycles. The van der Waals surface area contributed by atoms with Gasteiger partial charge in [0.25, 0.3) is 0 Å². The van der Waals surface area contributed by atoms with E-state index in [1.54, 1.807) is 29.8 Å². The number of carbonyl (C=O) groups excluding carboxylic acids is 1. The Balaban J connectivity index is 1.57. The molecule has 5 rings (SSSR count). The number of nitrogens with zero attached hydrogens (tertiary/aromatic N) is 4. The van der Waals surface area contributed by atoms with Crippen LogP contribution in [0.2, 0.25) is 0 Å². The zero-order valence-electron chi connectivity index (χ0n) is 19.3. The standard InChI is InChI=1S/C23H25N7O3S/c1-12-9-17(29-30(12)3)15-7-8-16(19(10-15)34(4,32)33)26-18-11-20(28-23(31)14-5-6-14)27-22-21(18)24-13(2)25-22/h7-11,14H,5-6H2,1-4H3,(H3,24,25,26,27,28,31). The predicted molar refractivity (Wildman–Crippen MR) is 130 cm³/mol. The Morgan fingerprint density at radius 3 is 2.53 bits per heavy atom. The summed E-state index contributed by atoms with van der Waals surface area (Å²) in [5.74, 6) is 0.982. The van der Waals surface area contributed by atoms with Gasteiger partial charge in [-0.3, -0.25) is 9.48 Å². The molecule has 0 atom stereocenters.